The molecule has 2 aromatic carbocycles. The highest BCUT2D eigenvalue weighted by atomic mass is 32.2. The second kappa shape index (κ2) is 25.7. The molecule has 3 amide bonds. The number of aliphatic carboxylic acids is 1. The fraction of sp³-hybridized carbons (Fsp3) is 0.585. The van der Waals surface area contributed by atoms with Crippen molar-refractivity contribution in [1.29, 1.82) is 0 Å². The fourth-order valence-electron chi connectivity index (χ4n) is 11.5. The number of thioether (sulfide) groups is 1. The number of carbonyl (C=O) groups is 6. The monoisotopic (exact) mass is 1090 g/mol. The number of amides is 3. The predicted octanol–water partition coefficient (Wildman–Crippen LogP) is 4.70. The molecule has 2 aromatic rings. The van der Waals surface area contributed by atoms with E-state index in [2.05, 4.69) is 16.0 Å². The van der Waals surface area contributed by atoms with Crippen LogP contribution in [0, 0.1) is 22.7 Å². The number of halogens is 2. The van der Waals surface area contributed by atoms with Crippen LogP contribution in [0.1, 0.15) is 64.2 Å². The minimum absolute atomic E-state index is 0.00683. The number of aliphatic hydroxyl groups excluding tert-OH is 2. The predicted molar refractivity (Wildman–Crippen MR) is 271 cm³/mol. The lowest BCUT2D eigenvalue weighted by atomic mass is 9.44. The van der Waals surface area contributed by atoms with Gasteiger partial charge in [-0.2, -0.15) is 11.8 Å². The molecule has 3 saturated carbocycles. The van der Waals surface area contributed by atoms with Crippen molar-refractivity contribution in [3.8, 4) is 0 Å². The number of anilines is 1. The zero-order valence-electron chi connectivity index (χ0n) is 42.2. The second-order valence-electron chi connectivity index (χ2n) is 19.6. The summed E-state index contributed by atoms with van der Waals surface area (Å²) in [6.45, 7) is 5.19. The first kappa shape index (κ1) is 58.1. The zero-order valence-corrected chi connectivity index (χ0v) is 43.9. The molecule has 11 atom stereocenters. The van der Waals surface area contributed by atoms with Gasteiger partial charge >= 0.3 is 5.97 Å². The molecule has 18 nitrogen and oxygen atoms in total. The molecule has 0 bridgehead atoms. The number of fused-ring (bicyclic) bond motifs is 7. The molecule has 410 valence electrons. The quantitative estimate of drug-likeness (QED) is 0.0632. The zero-order chi connectivity index (χ0) is 54.0. The smallest absolute Gasteiger partial charge is 0.305 e. The van der Waals surface area contributed by atoms with Crippen LogP contribution in [0.2, 0.25) is 0 Å². The Hall–Kier alpha value is -4.62. The number of nitrogens with one attached hydrogen (secondary N) is 3. The molecule has 6 N–H and O–H groups in total. The van der Waals surface area contributed by atoms with Gasteiger partial charge < -0.3 is 59.7 Å². The van der Waals surface area contributed by atoms with Crippen LogP contribution < -0.4 is 16.0 Å². The molecule has 1 heterocycles. The third-order valence-electron chi connectivity index (χ3n) is 15.2. The maximum absolute atomic E-state index is 17.8. The van der Waals surface area contributed by atoms with E-state index >= 15 is 8.78 Å². The van der Waals surface area contributed by atoms with Gasteiger partial charge in [-0.05, 0) is 86.4 Å². The van der Waals surface area contributed by atoms with Crippen LogP contribution in [-0.4, -0.2) is 164 Å². The van der Waals surface area contributed by atoms with Crippen molar-refractivity contribution in [2.45, 2.75) is 103 Å². The molecule has 4 fully saturated rings. The van der Waals surface area contributed by atoms with Gasteiger partial charge in [0, 0.05) is 57.3 Å². The van der Waals surface area contributed by atoms with Crippen LogP contribution >= 0.6 is 23.5 Å². The normalized spacial score (nSPS) is 29.8. The number of hydrogen-bond donors (Lipinski definition) is 6. The highest BCUT2D eigenvalue weighted by Gasteiger charge is 2.80. The third kappa shape index (κ3) is 12.7. The van der Waals surface area contributed by atoms with Crippen molar-refractivity contribution in [2.75, 3.05) is 84.1 Å². The summed E-state index contributed by atoms with van der Waals surface area (Å²) < 4.78 is 68.8. The van der Waals surface area contributed by atoms with Gasteiger partial charge in [0.05, 0.1) is 83.2 Å². The van der Waals surface area contributed by atoms with Crippen molar-refractivity contribution >= 4 is 64.5 Å². The third-order valence-corrected chi connectivity index (χ3v) is 17.1. The number of Topliss-reactive ketones (excluding diaryl/α,β-unsaturated/α-hetero) is 1. The van der Waals surface area contributed by atoms with Crippen molar-refractivity contribution < 1.29 is 81.3 Å². The van der Waals surface area contributed by atoms with E-state index in [-0.39, 0.29) is 82.2 Å². The number of aliphatic hydroxyl groups is 2. The molecular formula is C53H67F2N3O15S2. The Labute approximate surface area is 442 Å². The lowest BCUT2D eigenvalue weighted by molar-refractivity contribution is -0.235. The molecule has 0 radical (unpaired) electrons. The van der Waals surface area contributed by atoms with E-state index in [1.807, 2.05) is 30.3 Å². The van der Waals surface area contributed by atoms with Gasteiger partial charge in [0.2, 0.25) is 17.7 Å². The number of ketones is 2. The Balaban J connectivity index is 0.770. The molecule has 0 aromatic heterocycles. The SMILES string of the molecule is CSC(CC(=O)O)C(=O)NCCC(=O)NCCOCCOCCOCCOCCC(=O)Nc1cccc(Sc2ccc([C@@H]3O[C@@H]4C[C@H]5[C@@H]6C[C@H](F)C7=CC(=O)C=C[C@]7(C)[C@@]6(F)[C@@H](O)C[C@]5(C)[C@]4(C(=O)CO)O3)cc2)c1. The molecule has 0 spiro atoms. The van der Waals surface area contributed by atoms with Gasteiger partial charge in [0.1, 0.15) is 12.8 Å². The lowest BCUT2D eigenvalue weighted by Crippen LogP contribution is -2.70. The highest BCUT2D eigenvalue weighted by molar-refractivity contribution is 8.00. The summed E-state index contributed by atoms with van der Waals surface area (Å²) >= 11 is 2.59. The molecule has 5 aliphatic rings. The summed E-state index contributed by atoms with van der Waals surface area (Å²) in [5.41, 5.74) is -5.71. The largest absolute Gasteiger partial charge is 0.481 e. The molecule has 1 aliphatic heterocycles. The summed E-state index contributed by atoms with van der Waals surface area (Å²) in [6.07, 6.45) is -0.340. The maximum atomic E-state index is 17.8. The summed E-state index contributed by atoms with van der Waals surface area (Å²) in [7, 11) is 0. The van der Waals surface area contributed by atoms with E-state index in [1.54, 1.807) is 31.4 Å². The van der Waals surface area contributed by atoms with Crippen LogP contribution in [0.5, 0.6) is 0 Å². The van der Waals surface area contributed by atoms with Crippen molar-refractivity contribution in [2.24, 2.45) is 22.7 Å². The standard InChI is InChI=1S/C53H67F2N3O15S2/c1-50-14-11-34(60)26-39(50)40(54)27-38-37-28-44-53(43(62)31-59,51(37,2)30-42(61)52(38,50)55)73-49(72-44)32-7-9-35(10-8-32)75-36-6-4-5-33(25-36)58-46(64)13-17-68-19-21-70-23-24-71-22-20-69-18-16-56-45(63)12-15-57-48(67)41(74-3)29-47(65)66/h4-11,14,25-26,37-38,40-42,44,49,59,61H,12-13,15-24,27-31H2,1-3H3,(H,56,63)(H,57,67)(H,58,64)(H,65,66)/t37-,38-,40-,41?,42-,44+,49+,50-,51-,52-,53+/m0/s1. The number of allylic oxidation sites excluding steroid dienone is 4. The molecule has 22 heteroatoms. The first-order valence-corrected chi connectivity index (χ1v) is 27.2. The molecule has 4 aliphatic carbocycles. The van der Waals surface area contributed by atoms with Gasteiger partial charge in [-0.25, -0.2) is 8.78 Å². The molecule has 1 saturated heterocycles. The summed E-state index contributed by atoms with van der Waals surface area (Å²) in [4.78, 5) is 75.4. The Bertz CT molecular complexity index is 2450. The Morgan fingerprint density at radius 3 is 2.20 bits per heavy atom. The molecule has 7 rings (SSSR count). The summed E-state index contributed by atoms with van der Waals surface area (Å²) in [6, 6.07) is 14.7. The van der Waals surface area contributed by atoms with E-state index < -0.39 is 93.9 Å². The highest BCUT2D eigenvalue weighted by Crippen LogP contribution is 2.72. The fourth-order valence-corrected chi connectivity index (χ4v) is 13.0. The van der Waals surface area contributed by atoms with Gasteiger partial charge in [-0.15, -0.1) is 0 Å². The first-order chi connectivity index (χ1) is 35.9. The van der Waals surface area contributed by atoms with Crippen molar-refractivity contribution in [1.82, 2.24) is 10.6 Å². The van der Waals surface area contributed by atoms with Gasteiger partial charge in [-0.3, -0.25) is 28.8 Å². The van der Waals surface area contributed by atoms with Gasteiger partial charge in [0.25, 0.3) is 0 Å². The first-order valence-electron chi connectivity index (χ1n) is 25.1. The van der Waals surface area contributed by atoms with E-state index in [0.29, 0.717) is 50.9 Å². The van der Waals surface area contributed by atoms with Crippen LogP contribution in [0.15, 0.2) is 82.1 Å². The number of rotatable bonds is 28. The minimum atomic E-state index is -2.34. The number of ether oxygens (including phenoxy) is 6. The second-order valence-corrected chi connectivity index (χ2v) is 21.8. The van der Waals surface area contributed by atoms with E-state index in [4.69, 9.17) is 33.5 Å². The van der Waals surface area contributed by atoms with Crippen LogP contribution in [0.3, 0.4) is 0 Å². The van der Waals surface area contributed by atoms with Crippen LogP contribution in [-0.2, 0) is 57.2 Å². The minimum Gasteiger partial charge on any atom is -0.481 e. The Morgan fingerprint density at radius 1 is 0.853 bits per heavy atom. The number of benzene rings is 2. The number of hydrogen-bond acceptors (Lipinski definition) is 16. The Kier molecular flexibility index (Phi) is 19.9. The van der Waals surface area contributed by atoms with E-state index in [9.17, 15) is 39.0 Å². The van der Waals surface area contributed by atoms with E-state index in [0.717, 1.165) is 27.6 Å². The van der Waals surface area contributed by atoms with Crippen LogP contribution in [0.4, 0.5) is 14.5 Å². The van der Waals surface area contributed by atoms with E-state index in [1.165, 1.54) is 30.8 Å². The molecule has 1 unspecified atom stereocenters. The van der Waals surface area contributed by atoms with Gasteiger partial charge in [-0.1, -0.05) is 43.0 Å². The maximum Gasteiger partial charge on any atom is 0.305 e. The van der Waals surface area contributed by atoms with Gasteiger partial charge in [0.15, 0.2) is 29.1 Å². The Morgan fingerprint density at radius 2 is 1.53 bits per heavy atom. The average molecular weight is 1090 g/mol. The van der Waals surface area contributed by atoms with Crippen molar-refractivity contribution in [3.05, 3.63) is 77.9 Å². The number of carbonyl (C=O) groups excluding carboxylic acids is 5. The number of carboxylic acid groups (broad SMARTS) is 1. The molecular weight excluding hydrogens is 1020 g/mol. The number of carboxylic acids is 1. The summed E-state index contributed by atoms with van der Waals surface area (Å²) in [5, 5.41) is 38.4. The van der Waals surface area contributed by atoms with Crippen LogP contribution in [0.25, 0.3) is 0 Å². The topological polar surface area (TPSA) is 255 Å². The van der Waals surface area contributed by atoms with Crippen molar-refractivity contribution in [3.63, 3.8) is 0 Å². The number of alkyl halides is 2. The average Bonchev–Trinajstić information content (AvgIpc) is 3.89. The summed E-state index contributed by atoms with van der Waals surface area (Å²) in [5.74, 6) is -4.77. The molecule has 75 heavy (non-hydrogen) atoms. The lowest BCUT2D eigenvalue weighted by Gasteiger charge is -2.63.